The zero-order valence-electron chi connectivity index (χ0n) is 9.04. The number of hydrogen-bond donors (Lipinski definition) is 1. The number of hydrogen-bond acceptors (Lipinski definition) is 2. The third-order valence-electron chi connectivity index (χ3n) is 2.84. The Labute approximate surface area is 95.0 Å². The van der Waals surface area contributed by atoms with Crippen LogP contribution in [0.25, 0.3) is 0 Å². The van der Waals surface area contributed by atoms with Gasteiger partial charge in [-0.25, -0.2) is 0 Å². The van der Waals surface area contributed by atoms with Gasteiger partial charge in [0.25, 0.3) is 0 Å². The normalized spacial score (nSPS) is 17.5. The number of carboxylic acids is 1. The standard InChI is InChI=1S/C13H15NO2/c15-13(16)12(14-8-4-5-9-14)10-11-6-2-1-3-7-11/h1-7,12H,8-10H2,(H,15,16). The van der Waals surface area contributed by atoms with Crippen LogP contribution in [-0.4, -0.2) is 35.1 Å². The lowest BCUT2D eigenvalue weighted by Gasteiger charge is -2.23. The van der Waals surface area contributed by atoms with Crippen LogP contribution in [-0.2, 0) is 11.2 Å². The van der Waals surface area contributed by atoms with Crippen molar-refractivity contribution in [1.82, 2.24) is 4.90 Å². The zero-order valence-corrected chi connectivity index (χ0v) is 9.04. The van der Waals surface area contributed by atoms with Crippen molar-refractivity contribution in [1.29, 1.82) is 0 Å². The molecule has 1 unspecified atom stereocenters. The van der Waals surface area contributed by atoms with Gasteiger partial charge in [0.15, 0.2) is 0 Å². The highest BCUT2D eigenvalue weighted by atomic mass is 16.4. The quantitative estimate of drug-likeness (QED) is 0.778. The summed E-state index contributed by atoms with van der Waals surface area (Å²) in [6.07, 6.45) is 4.60. The number of carboxylic acid groups (broad SMARTS) is 1. The maximum absolute atomic E-state index is 11.2. The Morgan fingerprint density at radius 1 is 1.25 bits per heavy atom. The molecule has 1 aliphatic heterocycles. The van der Waals surface area contributed by atoms with E-state index in [0.29, 0.717) is 6.42 Å². The molecule has 2 rings (SSSR count). The molecule has 0 saturated carbocycles. The van der Waals surface area contributed by atoms with E-state index in [1.165, 1.54) is 0 Å². The zero-order chi connectivity index (χ0) is 11.4. The highest BCUT2D eigenvalue weighted by Gasteiger charge is 2.25. The first-order chi connectivity index (χ1) is 7.77. The van der Waals surface area contributed by atoms with Crippen molar-refractivity contribution in [2.24, 2.45) is 0 Å². The maximum Gasteiger partial charge on any atom is 0.321 e. The van der Waals surface area contributed by atoms with Crippen molar-refractivity contribution in [2.45, 2.75) is 12.5 Å². The van der Waals surface area contributed by atoms with Gasteiger partial charge in [-0.1, -0.05) is 42.5 Å². The van der Waals surface area contributed by atoms with Crippen molar-refractivity contribution in [3.05, 3.63) is 48.0 Å². The van der Waals surface area contributed by atoms with E-state index in [-0.39, 0.29) is 0 Å². The molecule has 0 aliphatic carbocycles. The van der Waals surface area contributed by atoms with Crippen molar-refractivity contribution in [2.75, 3.05) is 13.1 Å². The van der Waals surface area contributed by atoms with Gasteiger partial charge in [0.1, 0.15) is 6.04 Å². The van der Waals surface area contributed by atoms with Crippen molar-refractivity contribution < 1.29 is 9.90 Å². The fourth-order valence-electron chi connectivity index (χ4n) is 1.96. The fraction of sp³-hybridized carbons (Fsp3) is 0.308. The molecule has 1 heterocycles. The van der Waals surface area contributed by atoms with Crippen molar-refractivity contribution in [3.8, 4) is 0 Å². The minimum Gasteiger partial charge on any atom is -0.480 e. The number of rotatable bonds is 4. The topological polar surface area (TPSA) is 40.5 Å². The number of carbonyl (C=O) groups is 1. The van der Waals surface area contributed by atoms with Gasteiger partial charge in [-0.05, 0) is 12.0 Å². The lowest BCUT2D eigenvalue weighted by Crippen LogP contribution is -2.41. The van der Waals surface area contributed by atoms with Gasteiger partial charge >= 0.3 is 5.97 Å². The van der Waals surface area contributed by atoms with E-state index in [9.17, 15) is 9.90 Å². The summed E-state index contributed by atoms with van der Waals surface area (Å²) in [4.78, 5) is 13.2. The summed E-state index contributed by atoms with van der Waals surface area (Å²) in [6, 6.07) is 9.35. The van der Waals surface area contributed by atoms with Gasteiger partial charge in [0, 0.05) is 13.1 Å². The Hall–Kier alpha value is -1.61. The molecule has 84 valence electrons. The van der Waals surface area contributed by atoms with Gasteiger partial charge in [-0.3, -0.25) is 9.69 Å². The van der Waals surface area contributed by atoms with Gasteiger partial charge in [-0.2, -0.15) is 0 Å². The lowest BCUT2D eigenvalue weighted by atomic mass is 10.1. The summed E-state index contributed by atoms with van der Waals surface area (Å²) in [5, 5.41) is 9.23. The Morgan fingerprint density at radius 2 is 1.88 bits per heavy atom. The van der Waals surface area contributed by atoms with Crippen LogP contribution in [0.2, 0.25) is 0 Å². The van der Waals surface area contributed by atoms with Gasteiger partial charge in [-0.15, -0.1) is 0 Å². The van der Waals surface area contributed by atoms with Crippen LogP contribution in [0.3, 0.4) is 0 Å². The molecule has 1 atom stereocenters. The van der Waals surface area contributed by atoms with E-state index < -0.39 is 12.0 Å². The number of benzene rings is 1. The molecule has 0 radical (unpaired) electrons. The van der Waals surface area contributed by atoms with Crippen LogP contribution < -0.4 is 0 Å². The minimum absolute atomic E-state index is 0.419. The second kappa shape index (κ2) is 4.94. The van der Waals surface area contributed by atoms with E-state index in [1.807, 2.05) is 47.4 Å². The second-order valence-corrected chi connectivity index (χ2v) is 3.97. The first-order valence-electron chi connectivity index (χ1n) is 5.43. The van der Waals surface area contributed by atoms with Crippen LogP contribution in [0, 0.1) is 0 Å². The van der Waals surface area contributed by atoms with E-state index >= 15 is 0 Å². The Bertz CT molecular complexity index is 378. The van der Waals surface area contributed by atoms with E-state index in [2.05, 4.69) is 0 Å². The molecule has 0 bridgehead atoms. The molecule has 0 fully saturated rings. The third-order valence-corrected chi connectivity index (χ3v) is 2.84. The second-order valence-electron chi connectivity index (χ2n) is 3.97. The molecule has 0 amide bonds. The summed E-state index contributed by atoms with van der Waals surface area (Å²) in [5.74, 6) is -0.743. The summed E-state index contributed by atoms with van der Waals surface area (Å²) in [7, 11) is 0. The molecule has 0 aromatic heterocycles. The summed E-state index contributed by atoms with van der Waals surface area (Å²) in [6.45, 7) is 1.48. The van der Waals surface area contributed by atoms with Crippen LogP contribution in [0.1, 0.15) is 5.56 Å². The number of aliphatic carboxylic acids is 1. The molecular formula is C13H15NO2. The molecule has 0 saturated heterocycles. The largest absolute Gasteiger partial charge is 0.480 e. The van der Waals surface area contributed by atoms with Crippen LogP contribution in [0.5, 0.6) is 0 Å². The highest BCUT2D eigenvalue weighted by molar-refractivity contribution is 5.74. The van der Waals surface area contributed by atoms with Gasteiger partial charge in [0.05, 0.1) is 0 Å². The lowest BCUT2D eigenvalue weighted by molar-refractivity contribution is -0.142. The highest BCUT2D eigenvalue weighted by Crippen LogP contribution is 2.12. The van der Waals surface area contributed by atoms with Crippen molar-refractivity contribution in [3.63, 3.8) is 0 Å². The summed E-state index contributed by atoms with van der Waals surface area (Å²) >= 11 is 0. The predicted molar refractivity (Wildman–Crippen MR) is 62.3 cm³/mol. The van der Waals surface area contributed by atoms with Gasteiger partial charge < -0.3 is 5.11 Å². The van der Waals surface area contributed by atoms with Crippen molar-refractivity contribution >= 4 is 5.97 Å². The molecule has 1 aromatic carbocycles. The van der Waals surface area contributed by atoms with Crippen LogP contribution >= 0.6 is 0 Å². The predicted octanol–water partition coefficient (Wildman–Crippen LogP) is 1.55. The fourth-order valence-corrected chi connectivity index (χ4v) is 1.96. The Balaban J connectivity index is 2.06. The average Bonchev–Trinajstić information content (AvgIpc) is 2.80. The molecule has 16 heavy (non-hydrogen) atoms. The monoisotopic (exact) mass is 217 g/mol. The van der Waals surface area contributed by atoms with E-state index in [0.717, 1.165) is 18.7 Å². The molecule has 0 spiro atoms. The van der Waals surface area contributed by atoms with Crippen LogP contribution in [0.4, 0.5) is 0 Å². The SMILES string of the molecule is O=C(O)C(Cc1ccccc1)N1CC=CC1. The summed E-state index contributed by atoms with van der Waals surface area (Å²) in [5.41, 5.74) is 1.07. The van der Waals surface area contributed by atoms with Crippen LogP contribution in [0.15, 0.2) is 42.5 Å². The molecular weight excluding hydrogens is 202 g/mol. The smallest absolute Gasteiger partial charge is 0.321 e. The Kier molecular flexibility index (Phi) is 3.37. The number of nitrogens with zero attached hydrogens (tertiary/aromatic N) is 1. The van der Waals surface area contributed by atoms with E-state index in [4.69, 9.17) is 0 Å². The third kappa shape index (κ3) is 2.49. The average molecular weight is 217 g/mol. The molecule has 3 nitrogen and oxygen atoms in total. The first-order valence-corrected chi connectivity index (χ1v) is 5.43. The molecule has 1 aliphatic rings. The first kappa shape index (κ1) is 10.9. The Morgan fingerprint density at radius 3 is 2.44 bits per heavy atom. The molecule has 1 aromatic rings. The maximum atomic E-state index is 11.2. The summed E-state index contributed by atoms with van der Waals surface area (Å²) < 4.78 is 0. The van der Waals surface area contributed by atoms with E-state index in [1.54, 1.807) is 0 Å². The van der Waals surface area contributed by atoms with Gasteiger partial charge in [0.2, 0.25) is 0 Å². The minimum atomic E-state index is -0.743. The molecule has 1 N–H and O–H groups in total. The molecule has 3 heteroatoms.